The predicted molar refractivity (Wildman–Crippen MR) is 179 cm³/mol. The molecule has 0 unspecified atom stereocenters. The van der Waals surface area contributed by atoms with Gasteiger partial charge in [-0.25, -0.2) is 0 Å². The first-order valence-corrected chi connectivity index (χ1v) is 14.4. The molecule has 0 atom stereocenters. The molecule has 0 saturated heterocycles. The summed E-state index contributed by atoms with van der Waals surface area (Å²) in [7, 11) is 0. The van der Waals surface area contributed by atoms with E-state index in [1.165, 1.54) is 82.3 Å². The van der Waals surface area contributed by atoms with Gasteiger partial charge in [-0.15, -0.1) is 0 Å². The van der Waals surface area contributed by atoms with E-state index in [-0.39, 0.29) is 0 Å². The Balaban J connectivity index is 1.19. The highest BCUT2D eigenvalue weighted by atomic mass is 15.0. The van der Waals surface area contributed by atoms with Gasteiger partial charge in [0.25, 0.3) is 0 Å². The van der Waals surface area contributed by atoms with E-state index in [1.807, 2.05) is 0 Å². The van der Waals surface area contributed by atoms with E-state index >= 15 is 0 Å². The van der Waals surface area contributed by atoms with Crippen LogP contribution < -0.4 is 0 Å². The van der Waals surface area contributed by atoms with Crippen LogP contribution in [0.2, 0.25) is 0 Å². The maximum Gasteiger partial charge on any atom is 0.0541 e. The maximum absolute atomic E-state index is 3.63. The van der Waals surface area contributed by atoms with Crippen LogP contribution in [-0.2, 0) is 0 Å². The fraction of sp³-hybridized carbons (Fsp3) is 0. The molecule has 0 amide bonds. The number of nitrogens with zero attached hydrogens (tertiary/aromatic N) is 1. The molecule has 2 heterocycles. The third kappa shape index (κ3) is 3.45. The van der Waals surface area contributed by atoms with Gasteiger partial charge in [0.1, 0.15) is 0 Å². The molecule has 196 valence electrons. The van der Waals surface area contributed by atoms with Gasteiger partial charge in [-0.2, -0.15) is 0 Å². The molecule has 2 heteroatoms. The minimum absolute atomic E-state index is 1.17. The molecule has 2 nitrogen and oxygen atoms in total. The van der Waals surface area contributed by atoms with Crippen molar-refractivity contribution < 1.29 is 0 Å². The van der Waals surface area contributed by atoms with Gasteiger partial charge >= 0.3 is 0 Å². The third-order valence-corrected chi connectivity index (χ3v) is 8.70. The average molecular weight is 535 g/mol. The second-order valence-corrected chi connectivity index (χ2v) is 11.1. The molecule has 0 fully saturated rings. The highest BCUT2D eigenvalue weighted by Crippen LogP contribution is 2.37. The summed E-state index contributed by atoms with van der Waals surface area (Å²) in [4.78, 5) is 3.63. The maximum atomic E-state index is 3.63. The topological polar surface area (TPSA) is 20.7 Å². The number of fused-ring (bicyclic) bond motifs is 8. The van der Waals surface area contributed by atoms with Gasteiger partial charge < -0.3 is 9.55 Å². The van der Waals surface area contributed by atoms with Crippen molar-refractivity contribution in [3.05, 3.63) is 152 Å². The number of benzene rings is 7. The van der Waals surface area contributed by atoms with Crippen LogP contribution in [0.3, 0.4) is 0 Å². The zero-order chi connectivity index (χ0) is 27.6. The van der Waals surface area contributed by atoms with Gasteiger partial charge in [-0.05, 0) is 87.6 Å². The van der Waals surface area contributed by atoms with Crippen LogP contribution in [-0.4, -0.2) is 9.55 Å². The average Bonchev–Trinajstić information content (AvgIpc) is 3.60. The van der Waals surface area contributed by atoms with Gasteiger partial charge in [0.15, 0.2) is 0 Å². The molecule has 0 saturated carbocycles. The summed E-state index contributed by atoms with van der Waals surface area (Å²) in [6, 6.07) is 55.0. The molecule has 7 aromatic carbocycles. The molecule has 9 aromatic rings. The zero-order valence-electron chi connectivity index (χ0n) is 22.9. The molecule has 0 spiro atoms. The smallest absolute Gasteiger partial charge is 0.0541 e. The Bertz CT molecular complexity index is 2460. The van der Waals surface area contributed by atoms with Gasteiger partial charge in [0, 0.05) is 38.3 Å². The quantitative estimate of drug-likeness (QED) is 0.233. The van der Waals surface area contributed by atoms with Gasteiger partial charge in [0.2, 0.25) is 0 Å². The lowest BCUT2D eigenvalue weighted by Gasteiger charge is -2.09. The third-order valence-electron chi connectivity index (χ3n) is 8.70. The lowest BCUT2D eigenvalue weighted by atomic mass is 9.96. The summed E-state index contributed by atoms with van der Waals surface area (Å²) in [5.74, 6) is 0. The lowest BCUT2D eigenvalue weighted by molar-refractivity contribution is 1.18. The van der Waals surface area contributed by atoms with E-state index < -0.39 is 0 Å². The van der Waals surface area contributed by atoms with Crippen molar-refractivity contribution in [1.82, 2.24) is 9.55 Å². The van der Waals surface area contributed by atoms with Crippen molar-refractivity contribution in [2.24, 2.45) is 0 Å². The van der Waals surface area contributed by atoms with E-state index in [4.69, 9.17) is 0 Å². The number of nitrogens with one attached hydrogen (secondary N) is 1. The summed E-state index contributed by atoms with van der Waals surface area (Å²) in [6.07, 6.45) is 0. The van der Waals surface area contributed by atoms with Gasteiger partial charge in [-0.3, -0.25) is 0 Å². The molecule has 0 bridgehead atoms. The van der Waals surface area contributed by atoms with Crippen LogP contribution in [0.1, 0.15) is 0 Å². The SMILES string of the molecule is c1ccc(-n2c3ccccc3c3cc(-c4cccc(-c5ccc6[nH]c7ccc8ccccc8c7c6c5)c4)ccc32)cc1. The number of H-pyrrole nitrogens is 1. The second-order valence-electron chi connectivity index (χ2n) is 11.1. The molecule has 0 aliphatic rings. The van der Waals surface area contributed by atoms with Crippen LogP contribution in [0.5, 0.6) is 0 Å². The summed E-state index contributed by atoms with van der Waals surface area (Å²) in [5, 5.41) is 7.65. The fourth-order valence-electron chi connectivity index (χ4n) is 6.74. The molecule has 9 rings (SSSR count). The fourth-order valence-corrected chi connectivity index (χ4v) is 6.74. The molecule has 0 radical (unpaired) electrons. The second kappa shape index (κ2) is 8.95. The van der Waals surface area contributed by atoms with Crippen LogP contribution >= 0.6 is 0 Å². The normalized spacial score (nSPS) is 11.8. The highest BCUT2D eigenvalue weighted by molar-refractivity contribution is 6.20. The summed E-state index contributed by atoms with van der Waals surface area (Å²) < 4.78 is 2.37. The van der Waals surface area contributed by atoms with Crippen LogP contribution in [0.4, 0.5) is 0 Å². The standard InChI is InChI=1S/C40H26N2/c1-2-12-31(13-3-1)42-38-16-7-6-15-33(38)34-24-30(19-22-39(34)42)28-11-8-10-27(23-28)29-18-20-36-35(25-29)40-32-14-5-4-9-26(32)17-21-37(40)41-36/h1-25,41H. The predicted octanol–water partition coefficient (Wildman–Crippen LogP) is 10.9. The van der Waals surface area contributed by atoms with E-state index in [1.54, 1.807) is 0 Å². The Labute approximate surface area is 243 Å². The Morgan fingerprint density at radius 3 is 1.88 bits per heavy atom. The number of hydrogen-bond donors (Lipinski definition) is 1. The number of rotatable bonds is 3. The first-order chi connectivity index (χ1) is 20.8. The first kappa shape index (κ1) is 23.1. The Morgan fingerprint density at radius 1 is 0.381 bits per heavy atom. The minimum Gasteiger partial charge on any atom is -0.354 e. The van der Waals surface area contributed by atoms with E-state index in [0.717, 1.165) is 0 Å². The van der Waals surface area contributed by atoms with E-state index in [9.17, 15) is 0 Å². The molecule has 2 aromatic heterocycles. The molecule has 0 aliphatic carbocycles. The number of aromatic nitrogens is 2. The molecule has 1 N–H and O–H groups in total. The molecule has 42 heavy (non-hydrogen) atoms. The zero-order valence-corrected chi connectivity index (χ0v) is 22.9. The summed E-state index contributed by atoms with van der Waals surface area (Å²) >= 11 is 0. The van der Waals surface area contributed by atoms with Gasteiger partial charge in [0.05, 0.1) is 11.0 Å². The molecule has 0 aliphatic heterocycles. The number of para-hydroxylation sites is 2. The highest BCUT2D eigenvalue weighted by Gasteiger charge is 2.14. The van der Waals surface area contributed by atoms with Crippen LogP contribution in [0, 0.1) is 0 Å². The Kier molecular flexibility index (Phi) is 4.93. The molecular weight excluding hydrogens is 508 g/mol. The Morgan fingerprint density at radius 2 is 1.02 bits per heavy atom. The monoisotopic (exact) mass is 534 g/mol. The number of hydrogen-bond acceptors (Lipinski definition) is 0. The molecular formula is C40H26N2. The van der Waals surface area contributed by atoms with E-state index in [0.29, 0.717) is 0 Å². The summed E-state index contributed by atoms with van der Waals surface area (Å²) in [6.45, 7) is 0. The van der Waals surface area contributed by atoms with Crippen LogP contribution in [0.25, 0.3) is 82.3 Å². The van der Waals surface area contributed by atoms with Crippen molar-refractivity contribution >= 4 is 54.4 Å². The summed E-state index contributed by atoms with van der Waals surface area (Å²) in [5.41, 5.74) is 10.9. The van der Waals surface area contributed by atoms with Crippen LogP contribution in [0.15, 0.2) is 152 Å². The largest absolute Gasteiger partial charge is 0.354 e. The first-order valence-electron chi connectivity index (χ1n) is 14.4. The Hall–Kier alpha value is -5.60. The van der Waals surface area contributed by atoms with E-state index in [2.05, 4.69) is 161 Å². The van der Waals surface area contributed by atoms with Crippen molar-refractivity contribution in [2.45, 2.75) is 0 Å². The lowest BCUT2D eigenvalue weighted by Crippen LogP contribution is -1.92. The van der Waals surface area contributed by atoms with Crippen molar-refractivity contribution in [1.29, 1.82) is 0 Å². The van der Waals surface area contributed by atoms with Crippen molar-refractivity contribution in [2.75, 3.05) is 0 Å². The number of aromatic amines is 1. The van der Waals surface area contributed by atoms with Crippen molar-refractivity contribution in [3.8, 4) is 27.9 Å². The van der Waals surface area contributed by atoms with Gasteiger partial charge in [-0.1, -0.05) is 97.1 Å². The minimum atomic E-state index is 1.17. The van der Waals surface area contributed by atoms with Crippen molar-refractivity contribution in [3.63, 3.8) is 0 Å².